The van der Waals surface area contributed by atoms with E-state index in [1.54, 1.807) is 12.1 Å². The van der Waals surface area contributed by atoms with Gasteiger partial charge in [0, 0.05) is 0 Å². The Morgan fingerprint density at radius 2 is 2.00 bits per heavy atom. The average Bonchev–Trinajstić information content (AvgIpc) is 3.28. The Kier molecular flexibility index (Phi) is 6.82. The third-order valence-corrected chi connectivity index (χ3v) is 6.49. The van der Waals surface area contributed by atoms with E-state index >= 15 is 0 Å². The van der Waals surface area contributed by atoms with E-state index in [-0.39, 0.29) is 57.4 Å². The van der Waals surface area contributed by atoms with Gasteiger partial charge in [-0.25, -0.2) is 32.8 Å². The number of sulfonamides is 1. The third kappa shape index (κ3) is 5.34. The highest BCUT2D eigenvalue weighted by Crippen LogP contribution is 2.36. The van der Waals surface area contributed by atoms with E-state index < -0.39 is 21.6 Å². The molecule has 0 atom stereocenters. The van der Waals surface area contributed by atoms with Gasteiger partial charge in [-0.1, -0.05) is 11.8 Å². The molecule has 198 valence electrons. The van der Waals surface area contributed by atoms with Gasteiger partial charge in [0.1, 0.15) is 28.8 Å². The lowest BCUT2D eigenvalue weighted by Crippen LogP contribution is -2.17. The fourth-order valence-electron chi connectivity index (χ4n) is 3.72. The Labute approximate surface area is 221 Å². The Balaban J connectivity index is 1.65. The van der Waals surface area contributed by atoms with E-state index in [4.69, 9.17) is 9.47 Å². The average molecular weight is 550 g/mol. The van der Waals surface area contributed by atoms with Crippen molar-refractivity contribution in [2.45, 2.75) is 12.7 Å². The number of aromatic hydroxyl groups is 1. The minimum atomic E-state index is -4.01. The van der Waals surface area contributed by atoms with Crippen molar-refractivity contribution in [2.24, 2.45) is 4.99 Å². The first-order valence-electron chi connectivity index (χ1n) is 11.4. The molecular weight excluding hydrogens is 529 g/mol. The maximum absolute atomic E-state index is 13.2. The van der Waals surface area contributed by atoms with Crippen LogP contribution in [-0.4, -0.2) is 57.6 Å². The molecule has 1 aliphatic rings. The molecule has 0 amide bonds. The molecule has 1 aromatic carbocycles. The molecule has 0 aliphatic carbocycles. The lowest BCUT2D eigenvalue weighted by Gasteiger charge is -2.14. The Hall–Kier alpha value is -5.03. The number of benzene rings is 1. The Morgan fingerprint density at radius 3 is 2.74 bits per heavy atom. The van der Waals surface area contributed by atoms with E-state index in [1.807, 2.05) is 6.92 Å². The number of hydrogen-bond donors (Lipinski definition) is 2. The number of fused-ring (bicyclic) bond motifs is 1. The molecule has 0 unspecified atom stereocenters. The van der Waals surface area contributed by atoms with Crippen LogP contribution >= 0.6 is 0 Å². The van der Waals surface area contributed by atoms with Gasteiger partial charge in [0.25, 0.3) is 0 Å². The number of nitrogens with one attached hydrogen (secondary N) is 1. The van der Waals surface area contributed by atoms with Crippen LogP contribution in [0.3, 0.4) is 0 Å². The van der Waals surface area contributed by atoms with Crippen LogP contribution in [0.2, 0.25) is 0 Å². The number of halogens is 1. The highest BCUT2D eigenvalue weighted by molar-refractivity contribution is 7.91. The number of hydrogen-bond acceptors (Lipinski definition) is 10. The quantitative estimate of drug-likeness (QED) is 0.316. The monoisotopic (exact) mass is 549 g/mol. The first kappa shape index (κ1) is 25.6. The normalized spacial score (nSPS) is 12.8. The number of pyridine rings is 1. The van der Waals surface area contributed by atoms with Crippen LogP contribution in [0.15, 0.2) is 65.3 Å². The smallest absolute Gasteiger partial charge is 0.239 e. The van der Waals surface area contributed by atoms with Crippen molar-refractivity contribution < 1.29 is 27.4 Å². The number of methoxy groups -OCH3 is 1. The third-order valence-electron chi connectivity index (χ3n) is 5.29. The largest absolute Gasteiger partial charge is 0.506 e. The summed E-state index contributed by atoms with van der Waals surface area (Å²) in [6.45, 7) is 2.18. The second kappa shape index (κ2) is 10.4. The number of phenols is 1. The molecule has 0 bridgehead atoms. The molecule has 0 radical (unpaired) electrons. The van der Waals surface area contributed by atoms with Gasteiger partial charge in [0.05, 0.1) is 37.9 Å². The molecule has 0 spiro atoms. The van der Waals surface area contributed by atoms with Crippen LogP contribution < -0.4 is 9.46 Å². The van der Waals surface area contributed by atoms with E-state index in [9.17, 15) is 17.9 Å². The topological polar surface area (TPSA) is 154 Å². The molecule has 0 saturated heterocycles. The summed E-state index contributed by atoms with van der Waals surface area (Å²) in [4.78, 5) is 21.4. The summed E-state index contributed by atoms with van der Waals surface area (Å²) in [5.74, 6) is -0.691. The van der Waals surface area contributed by atoms with Crippen molar-refractivity contribution in [2.75, 3.05) is 18.4 Å². The Bertz CT molecular complexity index is 1820. The van der Waals surface area contributed by atoms with Crippen LogP contribution in [-0.2, 0) is 20.5 Å². The first-order chi connectivity index (χ1) is 18.8. The number of anilines is 1. The Morgan fingerprint density at radius 1 is 1.15 bits per heavy atom. The highest BCUT2D eigenvalue weighted by Gasteiger charge is 2.25. The molecule has 2 N–H and O–H groups in total. The fraction of sp³-hybridized carbons (Fsp3) is 0.160. The predicted molar refractivity (Wildman–Crippen MR) is 139 cm³/mol. The number of ether oxygens (including phenoxy) is 2. The van der Waals surface area contributed by atoms with Crippen LogP contribution in [0, 0.1) is 5.82 Å². The molecular formula is C25H20FN7O5S. The zero-order valence-corrected chi connectivity index (χ0v) is 21.4. The molecule has 3 aromatic heterocycles. The van der Waals surface area contributed by atoms with Crippen molar-refractivity contribution in [3.05, 3.63) is 77.6 Å². The van der Waals surface area contributed by atoms with E-state index in [1.165, 1.54) is 36.1 Å². The predicted octanol–water partition coefficient (Wildman–Crippen LogP) is 3.11. The van der Waals surface area contributed by atoms with Gasteiger partial charge in [-0.2, -0.15) is 0 Å². The van der Waals surface area contributed by atoms with Gasteiger partial charge in [0.2, 0.25) is 15.9 Å². The number of imidazole rings is 1. The number of rotatable bonds is 8. The summed E-state index contributed by atoms with van der Waals surface area (Å²) in [6.07, 6.45) is 3.64. The molecule has 4 heterocycles. The summed E-state index contributed by atoms with van der Waals surface area (Å²) in [6, 6.07) is 7.06. The lowest BCUT2D eigenvalue weighted by atomic mass is 10.2. The summed E-state index contributed by atoms with van der Waals surface area (Å²) in [7, 11) is -2.58. The van der Waals surface area contributed by atoms with Gasteiger partial charge >= 0.3 is 0 Å². The molecule has 0 fully saturated rings. The maximum atomic E-state index is 13.2. The van der Waals surface area contributed by atoms with Crippen LogP contribution in [0.1, 0.15) is 18.4 Å². The minimum Gasteiger partial charge on any atom is -0.506 e. The minimum absolute atomic E-state index is 0.0851. The summed E-state index contributed by atoms with van der Waals surface area (Å²) in [5, 5.41) is 10.8. The number of nitrogens with zero attached hydrogens (tertiary/aromatic N) is 6. The number of para-hydroxylation sites is 1. The molecule has 1 aliphatic heterocycles. The zero-order valence-electron chi connectivity index (χ0n) is 20.6. The summed E-state index contributed by atoms with van der Waals surface area (Å²) < 4.78 is 53.5. The van der Waals surface area contributed by atoms with Crippen molar-refractivity contribution in [3.8, 4) is 17.2 Å². The van der Waals surface area contributed by atoms with Crippen molar-refractivity contribution in [1.82, 2.24) is 24.5 Å². The zero-order chi connectivity index (χ0) is 27.6. The van der Waals surface area contributed by atoms with Crippen LogP contribution in [0.25, 0.3) is 22.7 Å². The molecule has 39 heavy (non-hydrogen) atoms. The van der Waals surface area contributed by atoms with Crippen LogP contribution in [0.5, 0.6) is 11.5 Å². The van der Waals surface area contributed by atoms with Gasteiger partial charge in [-0.05, 0) is 36.9 Å². The molecule has 14 heteroatoms. The SMILES string of the molecule is CCOC1=NC(c2nc3ncc(NS(=O)(=O)Cc4ccc(F)cn4)nc3n2-c2c(O)cccc2OC)=C=C=C1. The number of aliphatic imine (C=N–C) groups is 1. The summed E-state index contributed by atoms with van der Waals surface area (Å²) >= 11 is 0. The maximum Gasteiger partial charge on any atom is 0.239 e. The van der Waals surface area contributed by atoms with Crippen molar-refractivity contribution in [3.63, 3.8) is 0 Å². The standard InChI is InChI=1S/C25H20FN7O5S/c1-3-38-21-9-4-6-17(29-21)24-31-23-25(33(24)22-18(34)7-5-8-19(22)37-2)30-20(13-28-23)32-39(35,36)14-16-11-10-15(26)12-27-16/h5,7-13,34H,3,14H2,1-2H3,(H,30,32). The van der Waals surface area contributed by atoms with Crippen molar-refractivity contribution >= 4 is 38.7 Å². The number of aromatic nitrogens is 5. The fourth-order valence-corrected chi connectivity index (χ4v) is 4.77. The molecule has 12 nitrogen and oxygen atoms in total. The number of phenolic OH excluding ortho intramolecular Hbond substituents is 1. The van der Waals surface area contributed by atoms with Crippen molar-refractivity contribution in [1.29, 1.82) is 0 Å². The van der Waals surface area contributed by atoms with Gasteiger partial charge in [-0.3, -0.25) is 14.3 Å². The van der Waals surface area contributed by atoms with Gasteiger partial charge < -0.3 is 14.6 Å². The lowest BCUT2D eigenvalue weighted by molar-refractivity contribution is 0.330. The van der Waals surface area contributed by atoms with Gasteiger partial charge in [-0.15, -0.1) is 0 Å². The first-order valence-corrected chi connectivity index (χ1v) is 13.1. The van der Waals surface area contributed by atoms with E-state index in [0.29, 0.717) is 6.61 Å². The molecule has 5 rings (SSSR count). The second-order valence-corrected chi connectivity index (χ2v) is 9.70. The van der Waals surface area contributed by atoms with E-state index in [0.717, 1.165) is 12.3 Å². The van der Waals surface area contributed by atoms with Gasteiger partial charge in [0.15, 0.2) is 28.6 Å². The highest BCUT2D eigenvalue weighted by atomic mass is 32.2. The van der Waals surface area contributed by atoms with E-state index in [2.05, 4.69) is 41.1 Å². The second-order valence-electron chi connectivity index (χ2n) is 7.98. The summed E-state index contributed by atoms with van der Waals surface area (Å²) in [5.41, 5.74) is 6.41. The van der Waals surface area contributed by atoms with Crippen LogP contribution in [0.4, 0.5) is 10.2 Å². The molecule has 0 saturated carbocycles. The molecule has 4 aromatic rings.